The molecule has 5 heteroatoms. The molecule has 0 saturated carbocycles. The quantitative estimate of drug-likeness (QED) is 0.447. The number of hydrogen-bond donors (Lipinski definition) is 1. The molecule has 4 nitrogen and oxygen atoms in total. The zero-order chi connectivity index (χ0) is 19.7. The number of amides is 1. The van der Waals surface area contributed by atoms with Crippen molar-refractivity contribution in [3.8, 4) is 11.4 Å². The minimum Gasteiger partial charge on any atom is -0.325 e. The Bertz CT molecular complexity index is 1160. The predicted molar refractivity (Wildman–Crippen MR) is 117 cm³/mol. The zero-order valence-corrected chi connectivity index (χ0v) is 17.3. The second-order valence-electron chi connectivity index (χ2n) is 6.86. The van der Waals surface area contributed by atoms with Gasteiger partial charge >= 0.3 is 0 Å². The number of carbonyl (C=O) groups is 1. The second kappa shape index (κ2) is 7.60. The van der Waals surface area contributed by atoms with Crippen LogP contribution in [-0.2, 0) is 11.3 Å². The number of para-hydroxylation sites is 2. The van der Waals surface area contributed by atoms with Gasteiger partial charge in [0.1, 0.15) is 12.4 Å². The topological polar surface area (TPSA) is 46.9 Å². The summed E-state index contributed by atoms with van der Waals surface area (Å²) in [5.41, 5.74) is 5.95. The van der Waals surface area contributed by atoms with Gasteiger partial charge in [-0.2, -0.15) is 0 Å². The van der Waals surface area contributed by atoms with E-state index in [1.165, 1.54) is 5.56 Å². The monoisotopic (exact) mass is 433 g/mol. The molecule has 0 atom stereocenters. The highest BCUT2D eigenvalue weighted by Crippen LogP contribution is 2.26. The molecule has 1 N–H and O–H groups in total. The van der Waals surface area contributed by atoms with E-state index in [-0.39, 0.29) is 12.5 Å². The summed E-state index contributed by atoms with van der Waals surface area (Å²) in [4.78, 5) is 17.6. The first-order valence-corrected chi connectivity index (χ1v) is 9.89. The van der Waals surface area contributed by atoms with E-state index in [1.807, 2.05) is 78.2 Å². The van der Waals surface area contributed by atoms with E-state index in [2.05, 4.69) is 28.2 Å². The first-order valence-electron chi connectivity index (χ1n) is 9.09. The number of rotatable bonds is 4. The number of aromatic nitrogens is 2. The summed E-state index contributed by atoms with van der Waals surface area (Å²) in [5.74, 6) is 0.703. The van der Waals surface area contributed by atoms with Gasteiger partial charge in [-0.15, -0.1) is 0 Å². The molecule has 0 fully saturated rings. The smallest absolute Gasteiger partial charge is 0.244 e. The number of nitrogens with zero attached hydrogens (tertiary/aromatic N) is 2. The van der Waals surface area contributed by atoms with Crippen LogP contribution in [0.25, 0.3) is 22.4 Å². The second-order valence-corrected chi connectivity index (χ2v) is 7.78. The maximum Gasteiger partial charge on any atom is 0.244 e. The number of fused-ring (bicyclic) bond motifs is 1. The lowest BCUT2D eigenvalue weighted by molar-refractivity contribution is -0.116. The third-order valence-electron chi connectivity index (χ3n) is 4.85. The molecular weight excluding hydrogens is 414 g/mol. The minimum absolute atomic E-state index is 0.0789. The molecule has 3 aromatic carbocycles. The molecular formula is C23H20BrN3O. The number of carbonyl (C=O) groups excluding carboxylic acids is 1. The molecule has 4 rings (SSSR count). The van der Waals surface area contributed by atoms with Gasteiger partial charge in [-0.25, -0.2) is 4.98 Å². The van der Waals surface area contributed by atoms with E-state index in [0.717, 1.165) is 38.1 Å². The van der Waals surface area contributed by atoms with Crippen LogP contribution in [0.3, 0.4) is 0 Å². The number of anilines is 1. The lowest BCUT2D eigenvalue weighted by Gasteiger charge is -2.11. The molecule has 140 valence electrons. The first-order chi connectivity index (χ1) is 13.5. The molecule has 0 bridgehead atoms. The van der Waals surface area contributed by atoms with Crippen LogP contribution in [-0.4, -0.2) is 15.5 Å². The summed E-state index contributed by atoms with van der Waals surface area (Å²) >= 11 is 3.47. The highest BCUT2D eigenvalue weighted by Gasteiger charge is 2.15. The SMILES string of the molecule is Cc1ccc(NC(=O)Cn2c(-c3ccc(Br)cc3)nc3ccccc32)cc1C. The third-order valence-corrected chi connectivity index (χ3v) is 5.38. The molecule has 0 saturated heterocycles. The average molecular weight is 434 g/mol. The van der Waals surface area contributed by atoms with E-state index in [4.69, 9.17) is 4.98 Å². The standard InChI is InChI=1S/C23H20BrN3O/c1-15-7-12-19(13-16(15)2)25-22(28)14-27-21-6-4-3-5-20(21)26-23(27)17-8-10-18(24)11-9-17/h3-13H,14H2,1-2H3,(H,25,28). The number of imidazole rings is 1. The van der Waals surface area contributed by atoms with Crippen molar-refractivity contribution in [2.24, 2.45) is 0 Å². The Hall–Kier alpha value is -2.92. The maximum absolute atomic E-state index is 12.8. The molecule has 28 heavy (non-hydrogen) atoms. The summed E-state index contributed by atoms with van der Waals surface area (Å²) < 4.78 is 2.97. The van der Waals surface area contributed by atoms with E-state index in [9.17, 15) is 4.79 Å². The van der Waals surface area contributed by atoms with E-state index in [0.29, 0.717) is 0 Å². The minimum atomic E-state index is -0.0789. The Labute approximate surface area is 172 Å². The van der Waals surface area contributed by atoms with Gasteiger partial charge < -0.3 is 9.88 Å². The molecule has 0 aliphatic heterocycles. The van der Waals surface area contributed by atoms with E-state index >= 15 is 0 Å². The Morgan fingerprint density at radius 3 is 2.50 bits per heavy atom. The van der Waals surface area contributed by atoms with Crippen molar-refractivity contribution < 1.29 is 4.79 Å². The fourth-order valence-corrected chi connectivity index (χ4v) is 3.48. The van der Waals surface area contributed by atoms with Crippen LogP contribution >= 0.6 is 15.9 Å². The Kier molecular flexibility index (Phi) is 5.01. The van der Waals surface area contributed by atoms with Crippen molar-refractivity contribution in [3.63, 3.8) is 0 Å². The van der Waals surface area contributed by atoms with Crippen LogP contribution in [0.1, 0.15) is 11.1 Å². The third kappa shape index (κ3) is 3.71. The van der Waals surface area contributed by atoms with E-state index in [1.54, 1.807) is 0 Å². The fraction of sp³-hybridized carbons (Fsp3) is 0.130. The average Bonchev–Trinajstić information content (AvgIpc) is 3.04. The van der Waals surface area contributed by atoms with Gasteiger partial charge in [0, 0.05) is 15.7 Å². The lowest BCUT2D eigenvalue weighted by atomic mass is 10.1. The molecule has 4 aromatic rings. The van der Waals surface area contributed by atoms with Gasteiger partial charge in [-0.1, -0.05) is 46.3 Å². The molecule has 0 unspecified atom stereocenters. The molecule has 1 aromatic heterocycles. The Morgan fingerprint density at radius 2 is 1.75 bits per heavy atom. The molecule has 0 spiro atoms. The molecule has 0 radical (unpaired) electrons. The summed E-state index contributed by atoms with van der Waals surface area (Å²) in [7, 11) is 0. The van der Waals surface area contributed by atoms with Crippen LogP contribution < -0.4 is 5.32 Å². The summed E-state index contributed by atoms with van der Waals surface area (Å²) in [6, 6.07) is 21.8. The maximum atomic E-state index is 12.8. The molecule has 1 amide bonds. The van der Waals surface area contributed by atoms with Gasteiger partial charge in [0.25, 0.3) is 0 Å². The fourth-order valence-electron chi connectivity index (χ4n) is 3.22. The highest BCUT2D eigenvalue weighted by atomic mass is 79.9. The van der Waals surface area contributed by atoms with Crippen molar-refractivity contribution in [2.75, 3.05) is 5.32 Å². The zero-order valence-electron chi connectivity index (χ0n) is 15.7. The predicted octanol–water partition coefficient (Wildman–Crippen LogP) is 5.72. The number of hydrogen-bond acceptors (Lipinski definition) is 2. The highest BCUT2D eigenvalue weighted by molar-refractivity contribution is 9.10. The van der Waals surface area contributed by atoms with Crippen molar-refractivity contribution in [1.29, 1.82) is 0 Å². The first kappa shape index (κ1) is 18.4. The van der Waals surface area contributed by atoms with Crippen LogP contribution in [0.15, 0.2) is 71.2 Å². The Balaban J connectivity index is 1.68. The van der Waals surface area contributed by atoms with Crippen LogP contribution in [0.2, 0.25) is 0 Å². The number of nitrogens with one attached hydrogen (secondary N) is 1. The lowest BCUT2D eigenvalue weighted by Crippen LogP contribution is -2.19. The number of aryl methyl sites for hydroxylation is 2. The largest absolute Gasteiger partial charge is 0.325 e. The summed E-state index contributed by atoms with van der Waals surface area (Å²) in [6.07, 6.45) is 0. The molecule has 1 heterocycles. The van der Waals surface area contributed by atoms with Crippen molar-refractivity contribution >= 4 is 38.6 Å². The van der Waals surface area contributed by atoms with Crippen LogP contribution in [0.4, 0.5) is 5.69 Å². The van der Waals surface area contributed by atoms with Gasteiger partial charge in [0.15, 0.2) is 0 Å². The van der Waals surface area contributed by atoms with E-state index < -0.39 is 0 Å². The van der Waals surface area contributed by atoms with Crippen molar-refractivity contribution in [1.82, 2.24) is 9.55 Å². The molecule has 0 aliphatic carbocycles. The van der Waals surface area contributed by atoms with Crippen molar-refractivity contribution in [2.45, 2.75) is 20.4 Å². The van der Waals surface area contributed by atoms with Gasteiger partial charge in [0.05, 0.1) is 11.0 Å². The van der Waals surface area contributed by atoms with Gasteiger partial charge in [0.2, 0.25) is 5.91 Å². The number of benzene rings is 3. The summed E-state index contributed by atoms with van der Waals surface area (Å²) in [6.45, 7) is 4.29. The number of halogens is 1. The normalized spacial score (nSPS) is 11.0. The van der Waals surface area contributed by atoms with Crippen molar-refractivity contribution in [3.05, 3.63) is 82.3 Å². The van der Waals surface area contributed by atoms with Crippen LogP contribution in [0.5, 0.6) is 0 Å². The Morgan fingerprint density at radius 1 is 1.00 bits per heavy atom. The van der Waals surface area contributed by atoms with Gasteiger partial charge in [-0.3, -0.25) is 4.79 Å². The van der Waals surface area contributed by atoms with Gasteiger partial charge in [-0.05, 0) is 61.4 Å². The van der Waals surface area contributed by atoms with Crippen LogP contribution in [0, 0.1) is 13.8 Å². The summed E-state index contributed by atoms with van der Waals surface area (Å²) in [5, 5.41) is 3.01. The molecule has 0 aliphatic rings.